The van der Waals surface area contributed by atoms with Gasteiger partial charge in [0.15, 0.2) is 11.3 Å². The molecule has 3 aromatic rings. The number of para-hydroxylation sites is 1. The Morgan fingerprint density at radius 2 is 2.25 bits per heavy atom. The number of hydrogen-bond acceptors (Lipinski definition) is 5. The van der Waals surface area contributed by atoms with Crippen molar-refractivity contribution in [2.75, 3.05) is 12.4 Å². The fourth-order valence-corrected chi connectivity index (χ4v) is 2.05. The van der Waals surface area contributed by atoms with E-state index in [0.717, 1.165) is 11.2 Å². The first-order valence-electron chi connectivity index (χ1n) is 6.04. The van der Waals surface area contributed by atoms with Crippen LogP contribution in [0.25, 0.3) is 11.1 Å². The van der Waals surface area contributed by atoms with Crippen molar-refractivity contribution in [3.8, 4) is 5.75 Å². The molecule has 0 saturated heterocycles. The largest absolute Gasteiger partial charge is 0.493 e. The molecule has 0 atom stereocenters. The minimum atomic E-state index is 0.422. The molecule has 0 radical (unpaired) electrons. The molecular formula is C14H12ClN3O2. The third-order valence-electron chi connectivity index (χ3n) is 2.80. The highest BCUT2D eigenvalue weighted by molar-refractivity contribution is 6.30. The van der Waals surface area contributed by atoms with Crippen molar-refractivity contribution in [3.05, 3.63) is 47.2 Å². The maximum absolute atomic E-state index is 5.91. The van der Waals surface area contributed by atoms with Gasteiger partial charge in [0.2, 0.25) is 0 Å². The molecule has 3 rings (SSSR count). The summed E-state index contributed by atoms with van der Waals surface area (Å²) in [6.45, 7) is 0.482. The van der Waals surface area contributed by atoms with Crippen LogP contribution in [0, 0.1) is 0 Å². The van der Waals surface area contributed by atoms with Gasteiger partial charge in [-0.1, -0.05) is 17.7 Å². The van der Waals surface area contributed by atoms with Gasteiger partial charge in [0, 0.05) is 11.2 Å². The van der Waals surface area contributed by atoms with Gasteiger partial charge in [0.25, 0.3) is 6.01 Å². The first-order chi connectivity index (χ1) is 9.76. The van der Waals surface area contributed by atoms with Crippen LogP contribution in [-0.2, 0) is 6.54 Å². The van der Waals surface area contributed by atoms with Crippen LogP contribution in [0.5, 0.6) is 5.75 Å². The highest BCUT2D eigenvalue weighted by Crippen LogP contribution is 2.28. The van der Waals surface area contributed by atoms with Crippen molar-refractivity contribution < 1.29 is 9.15 Å². The molecule has 1 N–H and O–H groups in total. The van der Waals surface area contributed by atoms with Crippen LogP contribution in [0.15, 0.2) is 40.9 Å². The molecule has 20 heavy (non-hydrogen) atoms. The van der Waals surface area contributed by atoms with Gasteiger partial charge < -0.3 is 14.5 Å². The Kier molecular flexibility index (Phi) is 3.43. The van der Waals surface area contributed by atoms with E-state index in [1.165, 1.54) is 0 Å². The predicted octanol–water partition coefficient (Wildman–Crippen LogP) is 3.50. The lowest BCUT2D eigenvalue weighted by molar-refractivity contribution is 0.411. The van der Waals surface area contributed by atoms with Crippen LogP contribution in [0.3, 0.4) is 0 Å². The molecule has 0 fully saturated rings. The van der Waals surface area contributed by atoms with Gasteiger partial charge in [-0.2, -0.15) is 4.98 Å². The predicted molar refractivity (Wildman–Crippen MR) is 77.1 cm³/mol. The molecule has 5 nitrogen and oxygen atoms in total. The maximum Gasteiger partial charge on any atom is 0.296 e. The molecule has 0 bridgehead atoms. The number of pyridine rings is 1. The Balaban J connectivity index is 1.81. The molecular weight excluding hydrogens is 278 g/mol. The van der Waals surface area contributed by atoms with E-state index in [0.29, 0.717) is 28.9 Å². The summed E-state index contributed by atoms with van der Waals surface area (Å²) in [5, 5.41) is 3.72. The molecule has 0 aliphatic rings. The summed E-state index contributed by atoms with van der Waals surface area (Å²) >= 11 is 5.91. The first-order valence-corrected chi connectivity index (χ1v) is 6.42. The first kappa shape index (κ1) is 12.7. The van der Waals surface area contributed by atoms with E-state index in [9.17, 15) is 0 Å². The molecule has 102 valence electrons. The van der Waals surface area contributed by atoms with Crippen LogP contribution < -0.4 is 10.1 Å². The van der Waals surface area contributed by atoms with E-state index in [4.69, 9.17) is 20.8 Å². The summed E-state index contributed by atoms with van der Waals surface area (Å²) < 4.78 is 10.9. The normalized spacial score (nSPS) is 10.7. The summed E-state index contributed by atoms with van der Waals surface area (Å²) in [5.74, 6) is 0.656. The number of methoxy groups -OCH3 is 1. The molecule has 2 heterocycles. The molecule has 1 aromatic carbocycles. The van der Waals surface area contributed by atoms with Gasteiger partial charge in [0.1, 0.15) is 5.52 Å². The number of aromatic nitrogens is 2. The molecule has 0 amide bonds. The van der Waals surface area contributed by atoms with E-state index >= 15 is 0 Å². The van der Waals surface area contributed by atoms with Crippen molar-refractivity contribution in [2.24, 2.45) is 0 Å². The lowest BCUT2D eigenvalue weighted by atomic mass is 10.3. The van der Waals surface area contributed by atoms with Crippen LogP contribution >= 0.6 is 11.6 Å². The highest BCUT2D eigenvalue weighted by Gasteiger charge is 2.10. The lowest BCUT2D eigenvalue weighted by Crippen LogP contribution is -2.01. The zero-order valence-electron chi connectivity index (χ0n) is 10.8. The van der Waals surface area contributed by atoms with Gasteiger partial charge in [-0.3, -0.25) is 4.98 Å². The quantitative estimate of drug-likeness (QED) is 0.796. The van der Waals surface area contributed by atoms with E-state index < -0.39 is 0 Å². The molecule has 2 aromatic heterocycles. The zero-order chi connectivity index (χ0) is 13.9. The molecule has 6 heteroatoms. The van der Waals surface area contributed by atoms with Crippen LogP contribution in [0.1, 0.15) is 5.69 Å². The number of hydrogen-bond donors (Lipinski definition) is 1. The topological polar surface area (TPSA) is 60.2 Å². The monoisotopic (exact) mass is 289 g/mol. The van der Waals surface area contributed by atoms with Crippen molar-refractivity contribution >= 4 is 28.7 Å². The molecule has 0 unspecified atom stereocenters. The number of fused-ring (bicyclic) bond motifs is 1. The summed E-state index contributed by atoms with van der Waals surface area (Å²) in [7, 11) is 1.60. The summed E-state index contributed by atoms with van der Waals surface area (Å²) in [5.41, 5.74) is 2.18. The maximum atomic E-state index is 5.91. The Morgan fingerprint density at radius 1 is 1.35 bits per heavy atom. The van der Waals surface area contributed by atoms with Crippen molar-refractivity contribution in [2.45, 2.75) is 6.54 Å². The fourth-order valence-electron chi connectivity index (χ4n) is 1.87. The molecule has 0 aliphatic carbocycles. The number of oxazole rings is 1. The summed E-state index contributed by atoms with van der Waals surface area (Å²) in [4.78, 5) is 8.54. The number of ether oxygens (including phenoxy) is 1. The number of nitrogens with zero attached hydrogens (tertiary/aromatic N) is 2. The van der Waals surface area contributed by atoms with E-state index in [-0.39, 0.29) is 0 Å². The standard InChI is InChI=1S/C14H12ClN3O2/c1-19-12-4-2-3-11-13(12)20-14(18-11)17-8-10-7-9(15)5-6-16-10/h2-7H,8H2,1H3,(H,17,18). The van der Waals surface area contributed by atoms with Crippen LogP contribution in [0.4, 0.5) is 6.01 Å². The molecule has 0 spiro atoms. The minimum absolute atomic E-state index is 0.422. The van der Waals surface area contributed by atoms with E-state index in [1.54, 1.807) is 25.4 Å². The van der Waals surface area contributed by atoms with Gasteiger partial charge in [0.05, 0.1) is 19.3 Å². The zero-order valence-corrected chi connectivity index (χ0v) is 11.5. The second kappa shape index (κ2) is 5.38. The van der Waals surface area contributed by atoms with Gasteiger partial charge >= 0.3 is 0 Å². The molecule has 0 aliphatic heterocycles. The number of rotatable bonds is 4. The Morgan fingerprint density at radius 3 is 3.05 bits per heavy atom. The fraction of sp³-hybridized carbons (Fsp3) is 0.143. The number of halogens is 1. The number of nitrogens with one attached hydrogen (secondary N) is 1. The third-order valence-corrected chi connectivity index (χ3v) is 3.03. The van der Waals surface area contributed by atoms with Crippen molar-refractivity contribution in [1.82, 2.24) is 9.97 Å². The van der Waals surface area contributed by atoms with Crippen molar-refractivity contribution in [3.63, 3.8) is 0 Å². The van der Waals surface area contributed by atoms with Crippen molar-refractivity contribution in [1.29, 1.82) is 0 Å². The lowest BCUT2D eigenvalue weighted by Gasteiger charge is -2.01. The van der Waals surface area contributed by atoms with E-state index in [1.807, 2.05) is 18.2 Å². The Labute approximate surface area is 120 Å². The summed E-state index contributed by atoms with van der Waals surface area (Å²) in [6.07, 6.45) is 1.66. The minimum Gasteiger partial charge on any atom is -0.493 e. The highest BCUT2D eigenvalue weighted by atomic mass is 35.5. The Bertz CT molecular complexity index is 742. The number of anilines is 1. The average molecular weight is 290 g/mol. The summed E-state index contributed by atoms with van der Waals surface area (Å²) in [6, 6.07) is 9.50. The smallest absolute Gasteiger partial charge is 0.296 e. The van der Waals surface area contributed by atoms with Gasteiger partial charge in [-0.05, 0) is 24.3 Å². The third kappa shape index (κ3) is 2.53. The second-order valence-electron chi connectivity index (χ2n) is 4.15. The van der Waals surface area contributed by atoms with E-state index in [2.05, 4.69) is 15.3 Å². The van der Waals surface area contributed by atoms with Gasteiger partial charge in [-0.15, -0.1) is 0 Å². The average Bonchev–Trinajstić information content (AvgIpc) is 2.88. The van der Waals surface area contributed by atoms with Gasteiger partial charge in [-0.25, -0.2) is 0 Å². The second-order valence-corrected chi connectivity index (χ2v) is 4.58. The number of benzene rings is 1. The van der Waals surface area contributed by atoms with Crippen LogP contribution in [-0.4, -0.2) is 17.1 Å². The molecule has 0 saturated carbocycles. The SMILES string of the molecule is COc1cccc2nc(NCc3cc(Cl)ccn3)oc12. The Hall–Kier alpha value is -2.27. The van der Waals surface area contributed by atoms with Crippen LogP contribution in [0.2, 0.25) is 5.02 Å².